The topological polar surface area (TPSA) is 70.8 Å². The number of methoxy groups -OCH3 is 3. The summed E-state index contributed by atoms with van der Waals surface area (Å²) in [6.45, 7) is 0.280. The second kappa shape index (κ2) is 6.10. The highest BCUT2D eigenvalue weighted by atomic mass is 16.5. The Morgan fingerprint density at radius 1 is 1.12 bits per heavy atom. The van der Waals surface area contributed by atoms with E-state index in [-0.39, 0.29) is 18.7 Å². The molecule has 0 heterocycles. The first-order valence-corrected chi connectivity index (χ1v) is 5.21. The summed E-state index contributed by atoms with van der Waals surface area (Å²) in [5.74, 6) is 1.21. The van der Waals surface area contributed by atoms with Crippen molar-refractivity contribution in [2.75, 3.05) is 27.9 Å². The number of carbonyl (C=O) groups excluding carboxylic acids is 1. The van der Waals surface area contributed by atoms with Gasteiger partial charge in [-0.2, -0.15) is 0 Å². The Labute approximate surface area is 100 Å². The molecule has 1 aromatic rings. The van der Waals surface area contributed by atoms with Crippen molar-refractivity contribution in [3.8, 4) is 17.2 Å². The lowest BCUT2D eigenvalue weighted by atomic mass is 10.0. The fourth-order valence-corrected chi connectivity index (χ4v) is 1.60. The Kier molecular flexibility index (Phi) is 4.78. The van der Waals surface area contributed by atoms with Crippen LogP contribution >= 0.6 is 0 Å². The van der Waals surface area contributed by atoms with Gasteiger partial charge in [0.05, 0.1) is 21.3 Å². The number of ether oxygens (including phenoxy) is 3. The van der Waals surface area contributed by atoms with Gasteiger partial charge in [-0.15, -0.1) is 0 Å². The smallest absolute Gasteiger partial charge is 0.175 e. The number of carbonyl (C=O) groups is 1. The molecule has 0 saturated heterocycles. The molecule has 94 valence electrons. The van der Waals surface area contributed by atoms with Crippen LogP contribution in [0.15, 0.2) is 12.1 Å². The minimum atomic E-state index is -0.125. The molecular weight excluding hydrogens is 222 g/mol. The molecule has 0 fully saturated rings. The van der Waals surface area contributed by atoms with Gasteiger partial charge in [-0.3, -0.25) is 4.79 Å². The summed E-state index contributed by atoms with van der Waals surface area (Å²) in [6.07, 6.45) is 0.236. The second-order valence-corrected chi connectivity index (χ2v) is 3.34. The Hall–Kier alpha value is -1.75. The largest absolute Gasteiger partial charge is 0.496 e. The second-order valence-electron chi connectivity index (χ2n) is 3.34. The van der Waals surface area contributed by atoms with Crippen LogP contribution in [0.2, 0.25) is 0 Å². The predicted octanol–water partition coefficient (Wildman–Crippen LogP) is 1.24. The normalized spacial score (nSPS) is 9.88. The number of hydrogen-bond donors (Lipinski definition) is 1. The Morgan fingerprint density at radius 3 is 2.18 bits per heavy atom. The highest BCUT2D eigenvalue weighted by Gasteiger charge is 2.21. The van der Waals surface area contributed by atoms with Crippen molar-refractivity contribution in [2.24, 2.45) is 5.73 Å². The van der Waals surface area contributed by atoms with E-state index in [2.05, 4.69) is 0 Å². The molecule has 17 heavy (non-hydrogen) atoms. The molecule has 0 unspecified atom stereocenters. The monoisotopic (exact) mass is 239 g/mol. The van der Waals surface area contributed by atoms with Crippen molar-refractivity contribution in [2.45, 2.75) is 6.42 Å². The number of benzene rings is 1. The van der Waals surface area contributed by atoms with Crippen molar-refractivity contribution in [1.29, 1.82) is 0 Å². The first kappa shape index (κ1) is 13.3. The van der Waals surface area contributed by atoms with Crippen LogP contribution in [-0.4, -0.2) is 33.7 Å². The average Bonchev–Trinajstić information content (AvgIpc) is 2.36. The molecule has 2 N–H and O–H groups in total. The van der Waals surface area contributed by atoms with Crippen molar-refractivity contribution < 1.29 is 19.0 Å². The molecule has 0 bridgehead atoms. The SMILES string of the molecule is COc1ccc(OC)c(C(=O)CCN)c1OC. The molecule has 0 amide bonds. The zero-order chi connectivity index (χ0) is 12.8. The minimum Gasteiger partial charge on any atom is -0.496 e. The van der Waals surface area contributed by atoms with Crippen LogP contribution in [-0.2, 0) is 0 Å². The van der Waals surface area contributed by atoms with Gasteiger partial charge in [0.2, 0.25) is 0 Å². The number of nitrogens with two attached hydrogens (primary N) is 1. The van der Waals surface area contributed by atoms with Gasteiger partial charge in [0.1, 0.15) is 11.3 Å². The Balaban J connectivity index is 3.34. The summed E-state index contributed by atoms with van der Waals surface area (Å²) in [5, 5.41) is 0. The van der Waals surface area contributed by atoms with Crippen molar-refractivity contribution in [3.05, 3.63) is 17.7 Å². The van der Waals surface area contributed by atoms with E-state index in [0.717, 1.165) is 0 Å². The lowest BCUT2D eigenvalue weighted by molar-refractivity contribution is 0.0978. The summed E-state index contributed by atoms with van der Waals surface area (Å²) in [7, 11) is 4.50. The standard InChI is InChI=1S/C12H17NO4/c1-15-9-4-5-10(16-2)12(17-3)11(9)8(14)6-7-13/h4-5H,6-7,13H2,1-3H3. The quantitative estimate of drug-likeness (QED) is 0.756. The van der Waals surface area contributed by atoms with Gasteiger partial charge in [-0.1, -0.05) is 0 Å². The van der Waals surface area contributed by atoms with Gasteiger partial charge in [0.15, 0.2) is 17.3 Å². The third kappa shape index (κ3) is 2.68. The molecule has 1 aromatic carbocycles. The maximum atomic E-state index is 12.0. The fraction of sp³-hybridized carbons (Fsp3) is 0.417. The van der Waals surface area contributed by atoms with Crippen LogP contribution in [0.3, 0.4) is 0 Å². The fourth-order valence-electron chi connectivity index (χ4n) is 1.60. The number of hydrogen-bond acceptors (Lipinski definition) is 5. The molecule has 0 aliphatic carbocycles. The van der Waals surface area contributed by atoms with Crippen LogP contribution in [0.25, 0.3) is 0 Å². The van der Waals surface area contributed by atoms with E-state index in [9.17, 15) is 4.79 Å². The number of ketones is 1. The van der Waals surface area contributed by atoms with Gasteiger partial charge in [0.25, 0.3) is 0 Å². The molecule has 5 nitrogen and oxygen atoms in total. The van der Waals surface area contributed by atoms with E-state index >= 15 is 0 Å². The zero-order valence-electron chi connectivity index (χ0n) is 10.3. The molecule has 0 saturated carbocycles. The van der Waals surface area contributed by atoms with Crippen LogP contribution in [0.5, 0.6) is 17.2 Å². The van der Waals surface area contributed by atoms with Crippen molar-refractivity contribution in [1.82, 2.24) is 0 Å². The highest BCUT2D eigenvalue weighted by molar-refractivity contribution is 6.02. The van der Waals surface area contributed by atoms with E-state index in [4.69, 9.17) is 19.9 Å². The van der Waals surface area contributed by atoms with Crippen LogP contribution in [0, 0.1) is 0 Å². The summed E-state index contributed by atoms with van der Waals surface area (Å²) in [6, 6.07) is 3.36. The molecule has 0 aromatic heterocycles. The molecule has 1 rings (SSSR count). The van der Waals surface area contributed by atoms with E-state index in [1.165, 1.54) is 21.3 Å². The van der Waals surface area contributed by atoms with Crippen LogP contribution in [0.4, 0.5) is 0 Å². The van der Waals surface area contributed by atoms with Gasteiger partial charge in [-0.25, -0.2) is 0 Å². The van der Waals surface area contributed by atoms with Crippen LogP contribution in [0.1, 0.15) is 16.8 Å². The summed E-state index contributed by atoms with van der Waals surface area (Å²) < 4.78 is 15.5. The van der Waals surface area contributed by atoms with E-state index in [1.807, 2.05) is 0 Å². The Bertz CT molecular complexity index is 404. The lowest BCUT2D eigenvalue weighted by Gasteiger charge is -2.15. The molecule has 0 radical (unpaired) electrons. The molecule has 0 aliphatic rings. The molecular formula is C12H17NO4. The number of Topliss-reactive ketones (excluding diaryl/α,β-unsaturated/α-hetero) is 1. The molecule has 0 atom stereocenters. The van der Waals surface area contributed by atoms with E-state index < -0.39 is 0 Å². The summed E-state index contributed by atoms with van der Waals surface area (Å²) >= 11 is 0. The summed E-state index contributed by atoms with van der Waals surface area (Å²) in [4.78, 5) is 12.0. The predicted molar refractivity (Wildman–Crippen MR) is 64.1 cm³/mol. The molecule has 0 spiro atoms. The highest BCUT2D eigenvalue weighted by Crippen LogP contribution is 2.37. The van der Waals surface area contributed by atoms with E-state index in [1.54, 1.807) is 12.1 Å². The Morgan fingerprint density at radius 2 is 1.71 bits per heavy atom. The van der Waals surface area contributed by atoms with Gasteiger partial charge >= 0.3 is 0 Å². The van der Waals surface area contributed by atoms with Crippen molar-refractivity contribution >= 4 is 5.78 Å². The zero-order valence-corrected chi connectivity index (χ0v) is 10.3. The average molecular weight is 239 g/mol. The molecule has 0 aliphatic heterocycles. The lowest BCUT2D eigenvalue weighted by Crippen LogP contribution is -2.11. The molecule has 5 heteroatoms. The summed E-state index contributed by atoms with van der Waals surface area (Å²) in [5.41, 5.74) is 5.76. The first-order valence-electron chi connectivity index (χ1n) is 5.21. The van der Waals surface area contributed by atoms with Gasteiger partial charge in [-0.05, 0) is 18.7 Å². The number of rotatable bonds is 6. The van der Waals surface area contributed by atoms with Crippen LogP contribution < -0.4 is 19.9 Å². The maximum Gasteiger partial charge on any atom is 0.175 e. The first-order chi connectivity index (χ1) is 8.19. The third-order valence-electron chi connectivity index (χ3n) is 2.38. The van der Waals surface area contributed by atoms with Gasteiger partial charge in [0, 0.05) is 6.42 Å². The third-order valence-corrected chi connectivity index (χ3v) is 2.38. The van der Waals surface area contributed by atoms with Gasteiger partial charge < -0.3 is 19.9 Å². The van der Waals surface area contributed by atoms with Crippen molar-refractivity contribution in [3.63, 3.8) is 0 Å². The maximum absolute atomic E-state index is 12.0. The minimum absolute atomic E-state index is 0.125. The van der Waals surface area contributed by atoms with E-state index in [0.29, 0.717) is 22.8 Å².